The molecule has 1 fully saturated rings. The van der Waals surface area contributed by atoms with Gasteiger partial charge in [0.15, 0.2) is 5.17 Å². The Hall–Kier alpha value is -0.260. The predicted octanol–water partition coefficient (Wildman–Crippen LogP) is 0.905. The van der Waals surface area contributed by atoms with Crippen molar-refractivity contribution < 1.29 is 9.84 Å². The van der Waals surface area contributed by atoms with Crippen LogP contribution in [0.1, 0.15) is 19.8 Å². The van der Waals surface area contributed by atoms with Crippen molar-refractivity contribution in [2.24, 2.45) is 4.99 Å². The minimum Gasteiger partial charge on any atom is -0.391 e. The first kappa shape index (κ1) is 11.2. The zero-order chi connectivity index (χ0) is 11.0. The molecule has 0 aromatic rings. The van der Waals surface area contributed by atoms with Gasteiger partial charge >= 0.3 is 0 Å². The fourth-order valence-corrected chi connectivity index (χ4v) is 3.10. The second kappa shape index (κ2) is 4.31. The number of aliphatic hydroxyl groups excluding tert-OH is 1. The smallest absolute Gasteiger partial charge is 0.161 e. The van der Waals surface area contributed by atoms with E-state index in [1.165, 1.54) is 0 Å². The molecule has 2 rings (SSSR count). The maximum atomic E-state index is 9.96. The highest BCUT2D eigenvalue weighted by atomic mass is 32.2. The molecule has 0 radical (unpaired) electrons. The molecule has 0 bridgehead atoms. The summed E-state index contributed by atoms with van der Waals surface area (Å²) in [5.41, 5.74) is 0.0103. The number of thioether (sulfide) groups is 1. The number of aliphatic hydroxyl groups is 1. The third kappa shape index (κ3) is 2.14. The van der Waals surface area contributed by atoms with E-state index in [4.69, 9.17) is 4.74 Å². The van der Waals surface area contributed by atoms with E-state index in [0.29, 0.717) is 6.42 Å². The van der Waals surface area contributed by atoms with Gasteiger partial charge in [0.25, 0.3) is 0 Å². The molecule has 5 heteroatoms. The molecule has 15 heavy (non-hydrogen) atoms. The summed E-state index contributed by atoms with van der Waals surface area (Å²) in [6.45, 7) is 2.09. The maximum Gasteiger partial charge on any atom is 0.161 e. The van der Waals surface area contributed by atoms with Crippen LogP contribution in [0.25, 0.3) is 0 Å². The Morgan fingerprint density at radius 1 is 1.60 bits per heavy atom. The third-order valence-corrected chi connectivity index (χ3v) is 4.13. The number of fused-ring (bicyclic) bond motifs is 1. The number of rotatable bonds is 1. The molecule has 4 unspecified atom stereocenters. The van der Waals surface area contributed by atoms with Gasteiger partial charge in [-0.3, -0.25) is 4.99 Å². The average Bonchev–Trinajstić information content (AvgIpc) is 2.61. The SMILES string of the molecule is CCC1CC(O)C2N=C(N(C)C)SC2O1. The molecule has 1 saturated heterocycles. The van der Waals surface area contributed by atoms with E-state index in [1.807, 2.05) is 19.0 Å². The van der Waals surface area contributed by atoms with E-state index < -0.39 is 0 Å². The van der Waals surface area contributed by atoms with E-state index in [-0.39, 0.29) is 23.7 Å². The molecule has 86 valence electrons. The van der Waals surface area contributed by atoms with Gasteiger partial charge in [0.2, 0.25) is 0 Å². The third-order valence-electron chi connectivity index (χ3n) is 2.82. The van der Waals surface area contributed by atoms with Crippen molar-refractivity contribution in [3.63, 3.8) is 0 Å². The molecule has 0 saturated carbocycles. The highest BCUT2D eigenvalue weighted by Gasteiger charge is 2.42. The van der Waals surface area contributed by atoms with Gasteiger partial charge in [0.05, 0.1) is 12.2 Å². The Kier molecular flexibility index (Phi) is 3.23. The van der Waals surface area contributed by atoms with Crippen molar-refractivity contribution in [2.45, 2.75) is 43.5 Å². The Bertz CT molecular complexity index is 270. The van der Waals surface area contributed by atoms with Gasteiger partial charge < -0.3 is 14.7 Å². The predicted molar refractivity (Wildman–Crippen MR) is 62.1 cm³/mol. The van der Waals surface area contributed by atoms with Crippen LogP contribution in [0.4, 0.5) is 0 Å². The molecule has 2 heterocycles. The fraction of sp³-hybridized carbons (Fsp3) is 0.900. The van der Waals surface area contributed by atoms with E-state index in [0.717, 1.165) is 11.6 Å². The first-order valence-corrected chi connectivity index (χ1v) is 6.25. The zero-order valence-corrected chi connectivity index (χ0v) is 10.2. The van der Waals surface area contributed by atoms with E-state index in [1.54, 1.807) is 11.8 Å². The summed E-state index contributed by atoms with van der Waals surface area (Å²) in [6, 6.07) is -0.0739. The number of nitrogens with zero attached hydrogens (tertiary/aromatic N) is 2. The summed E-state index contributed by atoms with van der Waals surface area (Å²) in [4.78, 5) is 6.46. The van der Waals surface area contributed by atoms with Crippen LogP contribution in [0.2, 0.25) is 0 Å². The minimum atomic E-state index is -0.348. The lowest BCUT2D eigenvalue weighted by Crippen LogP contribution is -2.43. The molecule has 1 N–H and O–H groups in total. The highest BCUT2D eigenvalue weighted by molar-refractivity contribution is 8.14. The number of aliphatic imine (C=N–C) groups is 1. The standard InChI is InChI=1S/C10H18N2O2S/c1-4-6-5-7(13)8-9(14-6)15-10(11-8)12(2)3/h6-9,13H,4-5H2,1-3H3. The van der Waals surface area contributed by atoms with Gasteiger partial charge in [-0.1, -0.05) is 18.7 Å². The molecule has 0 aromatic carbocycles. The maximum absolute atomic E-state index is 9.96. The van der Waals surface area contributed by atoms with E-state index in [9.17, 15) is 5.11 Å². The Labute approximate surface area is 94.7 Å². The van der Waals surface area contributed by atoms with Crippen LogP contribution in [0, 0.1) is 0 Å². The summed E-state index contributed by atoms with van der Waals surface area (Å²) in [6.07, 6.45) is 1.50. The number of hydrogen-bond donors (Lipinski definition) is 1. The van der Waals surface area contributed by atoms with Crippen molar-refractivity contribution in [1.82, 2.24) is 4.90 Å². The molecule has 0 amide bonds. The quantitative estimate of drug-likeness (QED) is 0.727. The van der Waals surface area contributed by atoms with E-state index >= 15 is 0 Å². The molecule has 2 aliphatic heterocycles. The molecule has 0 spiro atoms. The Balaban J connectivity index is 2.07. The number of amidine groups is 1. The molecule has 4 atom stereocenters. The van der Waals surface area contributed by atoms with Crippen LogP contribution in [0.5, 0.6) is 0 Å². The second-order valence-electron chi connectivity index (χ2n) is 4.25. The van der Waals surface area contributed by atoms with Gasteiger partial charge in [0, 0.05) is 20.5 Å². The first-order chi connectivity index (χ1) is 7.11. The van der Waals surface area contributed by atoms with Crippen LogP contribution in [-0.4, -0.2) is 53.0 Å². The minimum absolute atomic E-state index is 0.0103. The fourth-order valence-electron chi connectivity index (χ4n) is 1.91. The second-order valence-corrected chi connectivity index (χ2v) is 5.32. The normalized spacial score (nSPS) is 39.9. The van der Waals surface area contributed by atoms with Crippen molar-refractivity contribution in [1.29, 1.82) is 0 Å². The summed E-state index contributed by atoms with van der Waals surface area (Å²) < 4.78 is 5.87. The molecule has 0 aliphatic carbocycles. The Morgan fingerprint density at radius 3 is 2.93 bits per heavy atom. The largest absolute Gasteiger partial charge is 0.391 e. The monoisotopic (exact) mass is 230 g/mol. The van der Waals surface area contributed by atoms with Crippen molar-refractivity contribution in [3.8, 4) is 0 Å². The molecular formula is C10H18N2O2S. The van der Waals surface area contributed by atoms with Crippen LogP contribution in [-0.2, 0) is 4.74 Å². The summed E-state index contributed by atoms with van der Waals surface area (Å²) >= 11 is 1.62. The van der Waals surface area contributed by atoms with Crippen molar-refractivity contribution >= 4 is 16.9 Å². The van der Waals surface area contributed by atoms with Gasteiger partial charge in [-0.05, 0) is 6.42 Å². The molecule has 2 aliphatic rings. The van der Waals surface area contributed by atoms with Crippen LogP contribution >= 0.6 is 11.8 Å². The van der Waals surface area contributed by atoms with Crippen molar-refractivity contribution in [3.05, 3.63) is 0 Å². The number of ether oxygens (including phenoxy) is 1. The molecule has 4 nitrogen and oxygen atoms in total. The first-order valence-electron chi connectivity index (χ1n) is 5.37. The van der Waals surface area contributed by atoms with Gasteiger partial charge in [-0.15, -0.1) is 0 Å². The lowest BCUT2D eigenvalue weighted by Gasteiger charge is -2.33. The lowest BCUT2D eigenvalue weighted by molar-refractivity contribution is -0.0704. The summed E-state index contributed by atoms with van der Waals surface area (Å²) in [5.74, 6) is 0. The highest BCUT2D eigenvalue weighted by Crippen LogP contribution is 2.37. The number of hydrogen-bond acceptors (Lipinski definition) is 5. The van der Waals surface area contributed by atoms with Gasteiger partial charge in [-0.2, -0.15) is 0 Å². The van der Waals surface area contributed by atoms with Crippen LogP contribution < -0.4 is 0 Å². The zero-order valence-electron chi connectivity index (χ0n) is 9.38. The topological polar surface area (TPSA) is 45.1 Å². The summed E-state index contributed by atoms with van der Waals surface area (Å²) in [7, 11) is 3.93. The summed E-state index contributed by atoms with van der Waals surface area (Å²) in [5, 5.41) is 10.9. The van der Waals surface area contributed by atoms with Gasteiger partial charge in [-0.25, -0.2) is 0 Å². The molecular weight excluding hydrogens is 212 g/mol. The van der Waals surface area contributed by atoms with Crippen LogP contribution in [0.3, 0.4) is 0 Å². The van der Waals surface area contributed by atoms with Crippen LogP contribution in [0.15, 0.2) is 4.99 Å². The Morgan fingerprint density at radius 2 is 2.33 bits per heavy atom. The van der Waals surface area contributed by atoms with Gasteiger partial charge in [0.1, 0.15) is 11.5 Å². The van der Waals surface area contributed by atoms with E-state index in [2.05, 4.69) is 11.9 Å². The molecule has 0 aromatic heterocycles. The average molecular weight is 230 g/mol. The van der Waals surface area contributed by atoms with Crippen molar-refractivity contribution in [2.75, 3.05) is 14.1 Å². The lowest BCUT2D eigenvalue weighted by atomic mass is 10.0.